The van der Waals surface area contributed by atoms with Crippen LogP contribution >= 0.6 is 0 Å². The number of aromatic amines is 1. The number of carbonyl (C=O) groups is 1. The topological polar surface area (TPSA) is 75.6 Å². The molecular formula is C11H15N5O. The lowest BCUT2D eigenvalue weighted by molar-refractivity contribution is -0.119. The van der Waals surface area contributed by atoms with Crippen molar-refractivity contribution >= 4 is 11.7 Å². The van der Waals surface area contributed by atoms with Crippen LogP contribution in [0.15, 0.2) is 18.5 Å². The van der Waals surface area contributed by atoms with E-state index in [4.69, 9.17) is 0 Å². The van der Waals surface area contributed by atoms with E-state index in [1.807, 2.05) is 13.8 Å². The van der Waals surface area contributed by atoms with E-state index in [9.17, 15) is 4.79 Å². The number of nitrogens with zero attached hydrogens (tertiary/aromatic N) is 3. The van der Waals surface area contributed by atoms with Crippen molar-refractivity contribution in [1.29, 1.82) is 0 Å². The van der Waals surface area contributed by atoms with E-state index in [-0.39, 0.29) is 11.9 Å². The van der Waals surface area contributed by atoms with Gasteiger partial charge in [0.15, 0.2) is 5.82 Å². The first-order valence-corrected chi connectivity index (χ1v) is 5.41. The predicted octanol–water partition coefficient (Wildman–Crippen LogP) is 1.42. The Morgan fingerprint density at radius 1 is 1.53 bits per heavy atom. The number of aryl methyl sites for hydroxylation is 1. The Morgan fingerprint density at radius 2 is 2.29 bits per heavy atom. The van der Waals surface area contributed by atoms with E-state index >= 15 is 0 Å². The number of nitrogens with one attached hydrogen (secondary N) is 2. The molecule has 0 spiro atoms. The van der Waals surface area contributed by atoms with Crippen molar-refractivity contribution < 1.29 is 4.79 Å². The van der Waals surface area contributed by atoms with Crippen LogP contribution in [0.25, 0.3) is 0 Å². The Balaban J connectivity index is 2.10. The van der Waals surface area contributed by atoms with Crippen molar-refractivity contribution in [2.75, 3.05) is 5.32 Å². The molecule has 2 rings (SSSR count). The zero-order chi connectivity index (χ0) is 12.4. The van der Waals surface area contributed by atoms with Gasteiger partial charge in [0, 0.05) is 23.7 Å². The second-order valence-corrected chi connectivity index (χ2v) is 3.97. The third kappa shape index (κ3) is 2.20. The van der Waals surface area contributed by atoms with Crippen molar-refractivity contribution in [1.82, 2.24) is 20.0 Å². The molecule has 2 aromatic rings. The van der Waals surface area contributed by atoms with Gasteiger partial charge >= 0.3 is 0 Å². The molecule has 0 aromatic carbocycles. The summed E-state index contributed by atoms with van der Waals surface area (Å²) < 4.78 is 1.60. The lowest BCUT2D eigenvalue weighted by atomic mass is 10.2. The maximum atomic E-state index is 11.9. The Hall–Kier alpha value is -2.11. The molecule has 1 amide bonds. The highest BCUT2D eigenvalue weighted by Crippen LogP contribution is 2.15. The minimum atomic E-state index is -0.360. The number of anilines is 1. The van der Waals surface area contributed by atoms with Gasteiger partial charge in [0.25, 0.3) is 0 Å². The lowest BCUT2D eigenvalue weighted by Gasteiger charge is -2.11. The Morgan fingerprint density at radius 3 is 2.82 bits per heavy atom. The number of aromatic nitrogens is 4. The third-order valence-electron chi connectivity index (χ3n) is 2.80. The first-order chi connectivity index (χ1) is 8.09. The molecular weight excluding hydrogens is 218 g/mol. The van der Waals surface area contributed by atoms with Crippen molar-refractivity contribution in [2.45, 2.75) is 26.8 Å². The Bertz CT molecular complexity index is 514. The number of rotatable bonds is 3. The van der Waals surface area contributed by atoms with Crippen LogP contribution in [0.1, 0.15) is 24.2 Å². The van der Waals surface area contributed by atoms with Crippen molar-refractivity contribution in [3.63, 3.8) is 0 Å². The molecule has 0 saturated heterocycles. The zero-order valence-corrected chi connectivity index (χ0v) is 10.1. The van der Waals surface area contributed by atoms with E-state index < -0.39 is 0 Å². The van der Waals surface area contributed by atoms with Crippen LogP contribution < -0.4 is 5.32 Å². The molecule has 6 heteroatoms. The van der Waals surface area contributed by atoms with Gasteiger partial charge in [-0.05, 0) is 26.8 Å². The van der Waals surface area contributed by atoms with E-state index in [0.717, 1.165) is 11.3 Å². The summed E-state index contributed by atoms with van der Waals surface area (Å²) in [6, 6.07) is 1.43. The van der Waals surface area contributed by atoms with Gasteiger partial charge in [-0.3, -0.25) is 14.6 Å². The van der Waals surface area contributed by atoms with Crippen LogP contribution in [0.4, 0.5) is 5.82 Å². The first-order valence-electron chi connectivity index (χ1n) is 5.41. The summed E-state index contributed by atoms with van der Waals surface area (Å²) in [5.74, 6) is 0.440. The summed E-state index contributed by atoms with van der Waals surface area (Å²) in [5.41, 5.74) is 1.90. The Kier molecular flexibility index (Phi) is 2.95. The van der Waals surface area contributed by atoms with Crippen molar-refractivity contribution in [2.24, 2.45) is 0 Å². The molecule has 0 aliphatic rings. The highest BCUT2D eigenvalue weighted by molar-refractivity contribution is 5.93. The molecule has 0 aliphatic heterocycles. The molecule has 2 N–H and O–H groups in total. The summed E-state index contributed by atoms with van der Waals surface area (Å²) in [6.45, 7) is 5.61. The number of hydrogen-bond acceptors (Lipinski definition) is 3. The van der Waals surface area contributed by atoms with Crippen molar-refractivity contribution in [3.05, 3.63) is 29.7 Å². The van der Waals surface area contributed by atoms with E-state index in [0.29, 0.717) is 5.82 Å². The third-order valence-corrected chi connectivity index (χ3v) is 2.80. The maximum absolute atomic E-state index is 11.9. The van der Waals surface area contributed by atoms with E-state index in [1.165, 1.54) is 0 Å². The monoisotopic (exact) mass is 233 g/mol. The SMILES string of the molecule is Cc1[nH]nc(NC(=O)C(C)n2cccn2)c1C. The van der Waals surface area contributed by atoms with Gasteiger partial charge in [-0.15, -0.1) is 0 Å². The van der Waals surface area contributed by atoms with Crippen LogP contribution in [-0.4, -0.2) is 25.9 Å². The van der Waals surface area contributed by atoms with Crippen LogP contribution in [0, 0.1) is 13.8 Å². The quantitative estimate of drug-likeness (QED) is 0.841. The van der Waals surface area contributed by atoms with Crippen LogP contribution in [-0.2, 0) is 4.79 Å². The number of amides is 1. The van der Waals surface area contributed by atoms with Crippen LogP contribution in [0.3, 0.4) is 0 Å². The van der Waals surface area contributed by atoms with Gasteiger partial charge in [0.05, 0.1) is 0 Å². The molecule has 6 nitrogen and oxygen atoms in total. The smallest absolute Gasteiger partial charge is 0.250 e. The molecule has 0 aliphatic carbocycles. The first kappa shape index (κ1) is 11.4. The average Bonchev–Trinajstić information content (AvgIpc) is 2.93. The van der Waals surface area contributed by atoms with E-state index in [1.54, 1.807) is 30.1 Å². The molecule has 0 fully saturated rings. The molecule has 90 valence electrons. The largest absolute Gasteiger partial charge is 0.307 e. The fraction of sp³-hybridized carbons (Fsp3) is 0.364. The number of H-pyrrole nitrogens is 1. The highest BCUT2D eigenvalue weighted by atomic mass is 16.2. The normalized spacial score (nSPS) is 12.4. The number of carbonyl (C=O) groups excluding carboxylic acids is 1. The molecule has 2 heterocycles. The van der Waals surface area contributed by atoms with Crippen LogP contribution in [0.5, 0.6) is 0 Å². The molecule has 17 heavy (non-hydrogen) atoms. The minimum absolute atomic E-state index is 0.136. The molecule has 1 unspecified atom stereocenters. The predicted molar refractivity (Wildman–Crippen MR) is 63.6 cm³/mol. The summed E-state index contributed by atoms with van der Waals surface area (Å²) in [6.07, 6.45) is 3.40. The molecule has 0 radical (unpaired) electrons. The molecule has 2 aromatic heterocycles. The number of hydrogen-bond donors (Lipinski definition) is 2. The second kappa shape index (κ2) is 4.40. The summed E-state index contributed by atoms with van der Waals surface area (Å²) in [4.78, 5) is 11.9. The summed E-state index contributed by atoms with van der Waals surface area (Å²) in [7, 11) is 0. The summed E-state index contributed by atoms with van der Waals surface area (Å²) >= 11 is 0. The van der Waals surface area contributed by atoms with Gasteiger partial charge in [-0.25, -0.2) is 0 Å². The van der Waals surface area contributed by atoms with Gasteiger partial charge in [-0.2, -0.15) is 10.2 Å². The van der Waals surface area contributed by atoms with Crippen LogP contribution in [0.2, 0.25) is 0 Å². The van der Waals surface area contributed by atoms with Gasteiger partial charge in [-0.1, -0.05) is 0 Å². The van der Waals surface area contributed by atoms with Gasteiger partial charge in [0.1, 0.15) is 6.04 Å². The standard InChI is InChI=1S/C11H15N5O/c1-7-8(2)14-15-10(7)13-11(17)9(3)16-6-4-5-12-16/h4-6,9H,1-3H3,(H2,13,14,15,17). The average molecular weight is 233 g/mol. The fourth-order valence-corrected chi connectivity index (χ4v) is 1.46. The lowest BCUT2D eigenvalue weighted by Crippen LogP contribution is -2.24. The molecule has 0 saturated carbocycles. The Labute approximate surface area is 99.0 Å². The second-order valence-electron chi connectivity index (χ2n) is 3.97. The van der Waals surface area contributed by atoms with Crippen molar-refractivity contribution in [3.8, 4) is 0 Å². The highest BCUT2D eigenvalue weighted by Gasteiger charge is 2.17. The molecule has 1 atom stereocenters. The molecule has 0 bridgehead atoms. The van der Waals surface area contributed by atoms with Gasteiger partial charge < -0.3 is 5.32 Å². The fourth-order valence-electron chi connectivity index (χ4n) is 1.46. The summed E-state index contributed by atoms with van der Waals surface area (Å²) in [5, 5.41) is 13.7. The van der Waals surface area contributed by atoms with E-state index in [2.05, 4.69) is 20.6 Å². The zero-order valence-electron chi connectivity index (χ0n) is 10.1. The maximum Gasteiger partial charge on any atom is 0.250 e. The van der Waals surface area contributed by atoms with Gasteiger partial charge in [0.2, 0.25) is 5.91 Å². The minimum Gasteiger partial charge on any atom is -0.307 e.